The number of halogens is 2. The van der Waals surface area contributed by atoms with Gasteiger partial charge in [-0.25, -0.2) is 13.6 Å². The lowest BCUT2D eigenvalue weighted by molar-refractivity contribution is 0.107. The van der Waals surface area contributed by atoms with Gasteiger partial charge in [-0.1, -0.05) is 17.7 Å². The van der Waals surface area contributed by atoms with Gasteiger partial charge in [-0.05, 0) is 31.9 Å². The van der Waals surface area contributed by atoms with Gasteiger partial charge in [-0.2, -0.15) is 20.2 Å². The Bertz CT molecular complexity index is 1170. The first-order chi connectivity index (χ1) is 16.2. The molecule has 2 aromatic rings. The third-order valence-corrected chi connectivity index (χ3v) is 8.94. The maximum absolute atomic E-state index is 15.1. The minimum atomic E-state index is -4.04. The predicted molar refractivity (Wildman–Crippen MR) is 125 cm³/mol. The number of fused-ring (bicyclic) bond motifs is 2. The van der Waals surface area contributed by atoms with E-state index in [0.29, 0.717) is 0 Å². The molecule has 3 unspecified atom stereocenters. The Morgan fingerprint density at radius 2 is 1.71 bits per heavy atom. The highest BCUT2D eigenvalue weighted by molar-refractivity contribution is 7.99. The zero-order chi connectivity index (χ0) is 24.0. The molecule has 5 rings (SSSR count). The summed E-state index contributed by atoms with van der Waals surface area (Å²) in [6.07, 6.45) is 0.0872. The lowest BCUT2D eigenvalue weighted by Gasteiger charge is -2.37. The molecular weight excluding hydrogens is 486 g/mol. The Labute approximate surface area is 201 Å². The van der Waals surface area contributed by atoms with Gasteiger partial charge in [0.05, 0.1) is 17.1 Å². The zero-order valence-corrected chi connectivity index (χ0v) is 20.1. The molecule has 3 aliphatic rings. The number of hydrogen-bond acceptors (Lipinski definition) is 7. The quantitative estimate of drug-likeness (QED) is 0.542. The van der Waals surface area contributed by atoms with Gasteiger partial charge >= 0.3 is 6.09 Å². The van der Waals surface area contributed by atoms with E-state index in [1.54, 1.807) is 23.9 Å². The highest BCUT2D eigenvalue weighted by atomic mass is 32.2. The van der Waals surface area contributed by atoms with E-state index in [2.05, 4.69) is 0 Å². The second kappa shape index (κ2) is 9.01. The standard InChI is InChI=1S/C23H24F2N2O5S2/c1-14-2-6-19(7-3-14)34(29,30)31-11-18-10-26(23(28)32-18)17-8-20(24)22(21(25)9-17)27-15-4-5-16(27)13-33-12-15/h2-3,6-9,15-16,18H,4-5,10-13H2,1H3. The van der Waals surface area contributed by atoms with Gasteiger partial charge in [0.1, 0.15) is 18.4 Å². The van der Waals surface area contributed by atoms with Crippen molar-refractivity contribution < 1.29 is 30.9 Å². The summed E-state index contributed by atoms with van der Waals surface area (Å²) in [6.45, 7) is 1.33. The van der Waals surface area contributed by atoms with Crippen LogP contribution >= 0.6 is 11.8 Å². The Balaban J connectivity index is 1.29. The summed E-state index contributed by atoms with van der Waals surface area (Å²) < 4.78 is 65.2. The van der Waals surface area contributed by atoms with E-state index in [1.165, 1.54) is 12.1 Å². The highest BCUT2D eigenvalue weighted by Gasteiger charge is 2.40. The molecule has 2 aromatic carbocycles. The monoisotopic (exact) mass is 510 g/mol. The zero-order valence-electron chi connectivity index (χ0n) is 18.4. The number of carbonyl (C=O) groups excluding carboxylic acids is 1. The van der Waals surface area contributed by atoms with Gasteiger partial charge in [0, 0.05) is 35.7 Å². The number of hydrogen-bond donors (Lipinski definition) is 0. The smallest absolute Gasteiger partial charge is 0.414 e. The van der Waals surface area contributed by atoms with Crippen LogP contribution in [0.1, 0.15) is 18.4 Å². The second-order valence-electron chi connectivity index (χ2n) is 8.76. The number of nitrogens with zero attached hydrogens (tertiary/aromatic N) is 2. The third kappa shape index (κ3) is 4.36. The first kappa shape index (κ1) is 23.4. The number of anilines is 2. The van der Waals surface area contributed by atoms with E-state index in [4.69, 9.17) is 8.92 Å². The number of amides is 1. The summed E-state index contributed by atoms with van der Waals surface area (Å²) in [7, 11) is -4.04. The number of cyclic esters (lactones) is 1. The van der Waals surface area contributed by atoms with Gasteiger partial charge in [-0.3, -0.25) is 9.08 Å². The molecule has 0 saturated carbocycles. The molecule has 3 heterocycles. The van der Waals surface area contributed by atoms with Crippen LogP contribution in [0.5, 0.6) is 0 Å². The molecular formula is C23H24F2N2O5S2. The van der Waals surface area contributed by atoms with Crippen LogP contribution < -0.4 is 9.80 Å². The maximum Gasteiger partial charge on any atom is 0.414 e. The van der Waals surface area contributed by atoms with Gasteiger partial charge < -0.3 is 9.64 Å². The third-order valence-electron chi connectivity index (χ3n) is 6.40. The van der Waals surface area contributed by atoms with Gasteiger partial charge in [0.25, 0.3) is 10.1 Å². The van der Waals surface area contributed by atoms with Crippen molar-refractivity contribution in [2.45, 2.75) is 42.8 Å². The largest absolute Gasteiger partial charge is 0.441 e. The van der Waals surface area contributed by atoms with Crippen LogP contribution in [-0.4, -0.2) is 57.4 Å². The van der Waals surface area contributed by atoms with Crippen molar-refractivity contribution >= 4 is 39.3 Å². The van der Waals surface area contributed by atoms with Crippen LogP contribution in [0.15, 0.2) is 41.3 Å². The molecule has 3 aliphatic heterocycles. The number of aryl methyl sites for hydroxylation is 1. The van der Waals surface area contributed by atoms with Crippen molar-refractivity contribution in [3.8, 4) is 0 Å². The SMILES string of the molecule is Cc1ccc(S(=O)(=O)OCC2CN(c3cc(F)c(N4C5CCC4CSC5)c(F)c3)C(=O)O2)cc1. The van der Waals surface area contributed by atoms with Crippen molar-refractivity contribution in [3.63, 3.8) is 0 Å². The van der Waals surface area contributed by atoms with Crippen LogP contribution in [0.2, 0.25) is 0 Å². The molecule has 3 fully saturated rings. The average Bonchev–Trinajstić information content (AvgIpc) is 3.27. The molecule has 11 heteroatoms. The van der Waals surface area contributed by atoms with Crippen molar-refractivity contribution in [1.82, 2.24) is 0 Å². The van der Waals surface area contributed by atoms with Gasteiger partial charge in [0.2, 0.25) is 0 Å². The molecule has 0 spiro atoms. The van der Waals surface area contributed by atoms with Crippen LogP contribution in [0.3, 0.4) is 0 Å². The van der Waals surface area contributed by atoms with Crippen molar-refractivity contribution in [2.75, 3.05) is 34.5 Å². The van der Waals surface area contributed by atoms with E-state index >= 15 is 8.78 Å². The second-order valence-corrected chi connectivity index (χ2v) is 11.4. The topological polar surface area (TPSA) is 76.2 Å². The Morgan fingerprint density at radius 1 is 1.09 bits per heavy atom. The molecule has 0 N–H and O–H groups in total. The lowest BCUT2D eigenvalue weighted by atomic mass is 10.2. The summed E-state index contributed by atoms with van der Waals surface area (Å²) in [5.41, 5.74) is 0.871. The Kier molecular flexibility index (Phi) is 6.19. The lowest BCUT2D eigenvalue weighted by Crippen LogP contribution is -2.43. The number of benzene rings is 2. The molecule has 3 atom stereocenters. The van der Waals surface area contributed by atoms with Crippen molar-refractivity contribution in [1.29, 1.82) is 0 Å². The van der Waals surface area contributed by atoms with Crippen LogP contribution in [0.25, 0.3) is 0 Å². The first-order valence-corrected chi connectivity index (χ1v) is 13.6. The fourth-order valence-corrected chi connectivity index (χ4v) is 6.98. The minimum Gasteiger partial charge on any atom is -0.441 e. The van der Waals surface area contributed by atoms with E-state index < -0.39 is 40.6 Å². The first-order valence-electron chi connectivity index (χ1n) is 11.0. The Morgan fingerprint density at radius 3 is 2.32 bits per heavy atom. The number of carbonyl (C=O) groups is 1. The number of ether oxygens (including phenoxy) is 1. The summed E-state index contributed by atoms with van der Waals surface area (Å²) in [4.78, 5) is 15.3. The predicted octanol–water partition coefficient (Wildman–Crippen LogP) is 4.09. The normalized spacial score (nSPS) is 24.6. The molecule has 182 valence electrons. The summed E-state index contributed by atoms with van der Waals surface area (Å²) in [6, 6.07) is 8.62. The summed E-state index contributed by atoms with van der Waals surface area (Å²) in [5.74, 6) is 0.215. The molecule has 0 aliphatic carbocycles. The van der Waals surface area contributed by atoms with Crippen LogP contribution in [0, 0.1) is 18.6 Å². The number of thioether (sulfide) groups is 1. The van der Waals surface area contributed by atoms with Crippen LogP contribution in [-0.2, 0) is 19.0 Å². The van der Waals surface area contributed by atoms with Crippen LogP contribution in [0.4, 0.5) is 25.0 Å². The summed E-state index contributed by atoms with van der Waals surface area (Å²) >= 11 is 1.80. The summed E-state index contributed by atoms with van der Waals surface area (Å²) in [5, 5.41) is 0. The molecule has 3 saturated heterocycles. The van der Waals surface area contributed by atoms with Crippen molar-refractivity contribution in [3.05, 3.63) is 53.6 Å². The van der Waals surface area contributed by atoms with E-state index in [9.17, 15) is 13.2 Å². The molecule has 34 heavy (non-hydrogen) atoms. The average molecular weight is 511 g/mol. The molecule has 0 aromatic heterocycles. The molecule has 1 amide bonds. The maximum atomic E-state index is 15.1. The molecule has 2 bridgehead atoms. The number of rotatable bonds is 6. The molecule has 7 nitrogen and oxygen atoms in total. The van der Waals surface area contributed by atoms with Crippen molar-refractivity contribution in [2.24, 2.45) is 0 Å². The minimum absolute atomic E-state index is 0.0101. The van der Waals surface area contributed by atoms with E-state index in [-0.39, 0.29) is 34.9 Å². The fraction of sp³-hybridized carbons (Fsp3) is 0.435. The molecule has 0 radical (unpaired) electrons. The Hall–Kier alpha value is -2.37. The van der Waals surface area contributed by atoms with Gasteiger partial charge in [-0.15, -0.1) is 0 Å². The fourth-order valence-electron chi connectivity index (χ4n) is 4.71. The van der Waals surface area contributed by atoms with E-state index in [0.717, 1.165) is 46.9 Å². The van der Waals surface area contributed by atoms with Gasteiger partial charge in [0.15, 0.2) is 11.6 Å². The highest BCUT2D eigenvalue weighted by Crippen LogP contribution is 2.41. The van der Waals surface area contributed by atoms with E-state index in [1.807, 2.05) is 11.8 Å².